The van der Waals surface area contributed by atoms with Gasteiger partial charge in [0.15, 0.2) is 5.78 Å². The van der Waals surface area contributed by atoms with E-state index in [0.29, 0.717) is 5.56 Å². The number of hydrogen-bond acceptors (Lipinski definition) is 3. The number of imide groups is 1. The van der Waals surface area contributed by atoms with Crippen molar-refractivity contribution in [2.24, 2.45) is 0 Å². The number of ketones is 1. The van der Waals surface area contributed by atoms with E-state index in [0.717, 1.165) is 22.0 Å². The number of Topliss-reactive ketones (excluding diaryl/α,β-unsaturated/α-hetero) is 1. The topological polar surface area (TPSA) is 71.4 Å². The fourth-order valence-electron chi connectivity index (χ4n) is 2.86. The lowest BCUT2D eigenvalue weighted by atomic mass is 10.1. The molecule has 0 unspecified atom stereocenters. The Morgan fingerprint density at radius 1 is 1.17 bits per heavy atom. The lowest BCUT2D eigenvalue weighted by Crippen LogP contribution is -2.35. The lowest BCUT2D eigenvalue weighted by molar-refractivity contribution is -0.124. The van der Waals surface area contributed by atoms with Gasteiger partial charge in [-0.3, -0.25) is 14.5 Å². The molecule has 0 radical (unpaired) electrons. The molecule has 3 amide bonds. The number of para-hydroxylation sites is 1. The minimum absolute atomic E-state index is 0.0465. The summed E-state index contributed by atoms with van der Waals surface area (Å²) in [7, 11) is 0. The van der Waals surface area contributed by atoms with Crippen molar-refractivity contribution in [2.45, 2.75) is 13.8 Å². The predicted molar refractivity (Wildman–Crippen MR) is 84.7 cm³/mol. The monoisotopic (exact) mass is 311 g/mol. The molecule has 1 aromatic carbocycles. The van der Waals surface area contributed by atoms with Gasteiger partial charge in [0.25, 0.3) is 0 Å². The first-order valence-electron chi connectivity index (χ1n) is 7.35. The van der Waals surface area contributed by atoms with Crippen molar-refractivity contribution in [3.63, 3.8) is 0 Å². The third-order valence-corrected chi connectivity index (χ3v) is 3.98. The maximum absolute atomic E-state index is 12.5. The van der Waals surface area contributed by atoms with Crippen molar-refractivity contribution in [2.75, 3.05) is 13.1 Å². The predicted octanol–water partition coefficient (Wildman–Crippen LogP) is 1.83. The molecule has 1 aliphatic rings. The van der Waals surface area contributed by atoms with E-state index in [1.54, 1.807) is 6.07 Å². The number of rotatable bonds is 4. The summed E-state index contributed by atoms with van der Waals surface area (Å²) in [4.78, 5) is 36.7. The van der Waals surface area contributed by atoms with E-state index in [1.165, 1.54) is 0 Å². The Morgan fingerprint density at radius 3 is 2.48 bits per heavy atom. The Morgan fingerprint density at radius 2 is 1.87 bits per heavy atom. The molecule has 1 saturated heterocycles. The van der Waals surface area contributed by atoms with Crippen LogP contribution in [0.1, 0.15) is 21.7 Å². The number of carbonyl (C=O) groups excluding carboxylic acids is 3. The number of aryl methyl sites for hydroxylation is 1. The molecule has 0 bridgehead atoms. The number of nitrogens with one attached hydrogen (secondary N) is 1. The van der Waals surface area contributed by atoms with E-state index in [2.05, 4.69) is 5.32 Å². The molecule has 6 heteroatoms. The van der Waals surface area contributed by atoms with Crippen LogP contribution in [-0.2, 0) is 4.79 Å². The molecule has 0 atom stereocenters. The summed E-state index contributed by atoms with van der Waals surface area (Å²) in [5.74, 6) is -0.620. The van der Waals surface area contributed by atoms with Crippen LogP contribution < -0.4 is 5.32 Å². The van der Waals surface area contributed by atoms with Gasteiger partial charge < -0.3 is 9.88 Å². The van der Waals surface area contributed by atoms with Gasteiger partial charge in [0.1, 0.15) is 0 Å². The van der Waals surface area contributed by atoms with Crippen LogP contribution in [0.3, 0.4) is 0 Å². The van der Waals surface area contributed by atoms with Gasteiger partial charge in [-0.25, -0.2) is 4.79 Å². The zero-order chi connectivity index (χ0) is 16.6. The second-order valence-electron chi connectivity index (χ2n) is 5.52. The van der Waals surface area contributed by atoms with Crippen LogP contribution in [0, 0.1) is 13.8 Å². The van der Waals surface area contributed by atoms with E-state index in [9.17, 15) is 14.4 Å². The van der Waals surface area contributed by atoms with Crippen LogP contribution in [0.2, 0.25) is 0 Å². The molecule has 1 fully saturated rings. The van der Waals surface area contributed by atoms with Crippen molar-refractivity contribution in [1.29, 1.82) is 0 Å². The van der Waals surface area contributed by atoms with Crippen molar-refractivity contribution in [3.8, 4) is 5.69 Å². The molecule has 2 heterocycles. The second kappa shape index (κ2) is 5.72. The van der Waals surface area contributed by atoms with Crippen molar-refractivity contribution in [3.05, 3.63) is 53.3 Å². The van der Waals surface area contributed by atoms with E-state index < -0.39 is 6.03 Å². The van der Waals surface area contributed by atoms with Crippen LogP contribution in [0.25, 0.3) is 5.69 Å². The molecule has 23 heavy (non-hydrogen) atoms. The summed E-state index contributed by atoms with van der Waals surface area (Å²) in [6, 6.07) is 11.0. The quantitative estimate of drug-likeness (QED) is 0.691. The van der Waals surface area contributed by atoms with E-state index in [1.807, 2.05) is 48.7 Å². The van der Waals surface area contributed by atoms with Gasteiger partial charge in [-0.2, -0.15) is 0 Å². The highest BCUT2D eigenvalue weighted by molar-refractivity contribution is 6.08. The average molecular weight is 311 g/mol. The average Bonchev–Trinajstić information content (AvgIpc) is 3.01. The van der Waals surface area contributed by atoms with Crippen LogP contribution in [0.4, 0.5) is 4.79 Å². The van der Waals surface area contributed by atoms with E-state index in [-0.39, 0.29) is 24.8 Å². The third-order valence-electron chi connectivity index (χ3n) is 3.98. The molecule has 6 nitrogen and oxygen atoms in total. The van der Waals surface area contributed by atoms with E-state index in [4.69, 9.17) is 0 Å². The largest absolute Gasteiger partial charge is 0.329 e. The van der Waals surface area contributed by atoms with Crippen LogP contribution in [0.15, 0.2) is 36.4 Å². The highest BCUT2D eigenvalue weighted by atomic mass is 16.2. The summed E-state index contributed by atoms with van der Waals surface area (Å²) < 4.78 is 1.99. The number of aromatic nitrogens is 1. The molecule has 2 aromatic rings. The summed E-state index contributed by atoms with van der Waals surface area (Å²) in [6.45, 7) is 3.50. The molecule has 0 spiro atoms. The smallest absolute Gasteiger partial charge is 0.325 e. The van der Waals surface area contributed by atoms with Crippen LogP contribution >= 0.6 is 0 Å². The minimum Gasteiger partial charge on any atom is -0.329 e. The lowest BCUT2D eigenvalue weighted by Gasteiger charge is -2.12. The van der Waals surface area contributed by atoms with Gasteiger partial charge in [0.05, 0.1) is 13.1 Å². The maximum atomic E-state index is 12.5. The zero-order valence-electron chi connectivity index (χ0n) is 13.0. The van der Waals surface area contributed by atoms with Gasteiger partial charge in [0, 0.05) is 22.6 Å². The maximum Gasteiger partial charge on any atom is 0.325 e. The Kier molecular flexibility index (Phi) is 3.73. The standard InChI is InChI=1S/C17H17N3O3/c1-11-8-14(12(2)20(11)13-6-4-3-5-7-13)15(21)10-19-16(22)9-18-17(19)23/h3-8H,9-10H2,1-2H3,(H,18,23). The van der Waals surface area contributed by atoms with Gasteiger partial charge in [-0.1, -0.05) is 18.2 Å². The first-order valence-corrected chi connectivity index (χ1v) is 7.35. The third kappa shape index (κ3) is 2.63. The molecule has 3 rings (SSSR count). The fourth-order valence-corrected chi connectivity index (χ4v) is 2.86. The van der Waals surface area contributed by atoms with Crippen LogP contribution in [-0.4, -0.2) is 40.3 Å². The molecule has 0 saturated carbocycles. The van der Waals surface area contributed by atoms with Gasteiger partial charge >= 0.3 is 6.03 Å². The van der Waals surface area contributed by atoms with Gasteiger partial charge in [-0.05, 0) is 32.0 Å². The van der Waals surface area contributed by atoms with E-state index >= 15 is 0 Å². The fraction of sp³-hybridized carbons (Fsp3) is 0.235. The Labute approximate surface area is 133 Å². The SMILES string of the molecule is Cc1cc(C(=O)CN2C(=O)CNC2=O)c(C)n1-c1ccccc1. The van der Waals surface area contributed by atoms with Crippen LogP contribution in [0.5, 0.6) is 0 Å². The Bertz CT molecular complexity index is 777. The van der Waals surface area contributed by atoms with Gasteiger partial charge in [0.2, 0.25) is 5.91 Å². The first-order chi connectivity index (χ1) is 11.0. The molecule has 1 aromatic heterocycles. The summed E-state index contributed by atoms with van der Waals surface area (Å²) in [6.07, 6.45) is 0. The number of amides is 3. The number of nitrogens with zero attached hydrogens (tertiary/aromatic N) is 2. The molecule has 0 aliphatic carbocycles. The van der Waals surface area contributed by atoms with Crippen molar-refractivity contribution in [1.82, 2.24) is 14.8 Å². The molecular weight excluding hydrogens is 294 g/mol. The number of hydrogen-bond donors (Lipinski definition) is 1. The number of benzene rings is 1. The summed E-state index contributed by atoms with van der Waals surface area (Å²) in [5, 5.41) is 2.41. The summed E-state index contributed by atoms with van der Waals surface area (Å²) >= 11 is 0. The highest BCUT2D eigenvalue weighted by Gasteiger charge is 2.31. The molecule has 118 valence electrons. The molecule has 1 aliphatic heterocycles. The zero-order valence-corrected chi connectivity index (χ0v) is 13.0. The summed E-state index contributed by atoms with van der Waals surface area (Å²) in [5.41, 5.74) is 3.22. The number of carbonyl (C=O) groups is 3. The van der Waals surface area contributed by atoms with Crippen molar-refractivity contribution < 1.29 is 14.4 Å². The normalized spacial score (nSPS) is 14.3. The molecular formula is C17H17N3O3. The minimum atomic E-state index is -0.514. The second-order valence-corrected chi connectivity index (χ2v) is 5.52. The van der Waals surface area contributed by atoms with Crippen molar-refractivity contribution >= 4 is 17.7 Å². The highest BCUT2D eigenvalue weighted by Crippen LogP contribution is 2.21. The Balaban J connectivity index is 1.91. The Hall–Kier alpha value is -2.89. The van der Waals surface area contributed by atoms with Gasteiger partial charge in [-0.15, -0.1) is 0 Å². The molecule has 1 N–H and O–H groups in total. The first kappa shape index (κ1) is 15.0. The number of urea groups is 1.